The van der Waals surface area contributed by atoms with E-state index >= 15 is 0 Å². The summed E-state index contributed by atoms with van der Waals surface area (Å²) < 4.78 is 21.0. The first-order valence-corrected chi connectivity index (χ1v) is 8.39. The molecule has 0 atom stereocenters. The minimum atomic E-state index is -1.17. The van der Waals surface area contributed by atoms with Crippen molar-refractivity contribution in [1.29, 1.82) is 0 Å². The molecule has 140 valence electrons. The van der Waals surface area contributed by atoms with Crippen LogP contribution in [0.25, 0.3) is 0 Å². The number of hydrogen-bond acceptors (Lipinski definition) is 6. The quantitative estimate of drug-likeness (QED) is 0.405. The van der Waals surface area contributed by atoms with Gasteiger partial charge in [-0.15, -0.1) is 0 Å². The zero-order chi connectivity index (χ0) is 18.3. The number of unbranched alkanes of at least 4 members (excludes halogenated alkanes) is 1. The van der Waals surface area contributed by atoms with Crippen LogP contribution in [0.2, 0.25) is 0 Å². The highest BCUT2D eigenvalue weighted by molar-refractivity contribution is 6.02. The first-order valence-electron chi connectivity index (χ1n) is 8.39. The third-order valence-electron chi connectivity index (χ3n) is 3.22. The number of carbonyl (C=O) groups excluding carboxylic acids is 1. The molecule has 1 N–H and O–H groups in total. The molecule has 0 spiro atoms. The maximum absolute atomic E-state index is 11.9. The van der Waals surface area contributed by atoms with Crippen molar-refractivity contribution in [3.05, 3.63) is 35.4 Å². The van der Waals surface area contributed by atoms with Crippen LogP contribution in [0.15, 0.2) is 24.3 Å². The van der Waals surface area contributed by atoms with Crippen LogP contribution in [-0.4, -0.2) is 63.3 Å². The molecule has 0 amide bonds. The Morgan fingerprint density at radius 1 is 0.840 bits per heavy atom. The van der Waals surface area contributed by atoms with Crippen LogP contribution in [0.5, 0.6) is 0 Å². The molecule has 7 nitrogen and oxygen atoms in total. The van der Waals surface area contributed by atoms with E-state index in [0.29, 0.717) is 26.4 Å². The number of hydrogen-bond donors (Lipinski definition) is 1. The molecule has 0 aliphatic rings. The molecule has 1 aromatic carbocycles. The van der Waals surface area contributed by atoms with E-state index < -0.39 is 11.9 Å². The minimum Gasteiger partial charge on any atom is -0.478 e. The van der Waals surface area contributed by atoms with Crippen LogP contribution < -0.4 is 0 Å². The molecular weight excluding hydrogens is 328 g/mol. The van der Waals surface area contributed by atoms with Crippen LogP contribution >= 0.6 is 0 Å². The lowest BCUT2D eigenvalue weighted by Crippen LogP contribution is -2.16. The lowest BCUT2D eigenvalue weighted by atomic mass is 10.1. The molecule has 0 radical (unpaired) electrons. The van der Waals surface area contributed by atoms with Gasteiger partial charge in [0.1, 0.15) is 6.61 Å². The van der Waals surface area contributed by atoms with Gasteiger partial charge >= 0.3 is 11.9 Å². The van der Waals surface area contributed by atoms with Gasteiger partial charge in [0.2, 0.25) is 0 Å². The largest absolute Gasteiger partial charge is 0.478 e. The predicted molar refractivity (Wildman–Crippen MR) is 91.0 cm³/mol. The van der Waals surface area contributed by atoms with Crippen molar-refractivity contribution in [3.63, 3.8) is 0 Å². The third-order valence-corrected chi connectivity index (χ3v) is 3.22. The SMILES string of the molecule is CCCCOCCOCCOCCOC(=O)c1ccccc1C(=O)O. The smallest absolute Gasteiger partial charge is 0.339 e. The summed E-state index contributed by atoms with van der Waals surface area (Å²) in [4.78, 5) is 22.9. The Bertz CT molecular complexity index is 516. The number of carbonyl (C=O) groups is 2. The summed E-state index contributed by atoms with van der Waals surface area (Å²) >= 11 is 0. The maximum atomic E-state index is 11.9. The van der Waals surface area contributed by atoms with E-state index in [0.717, 1.165) is 19.4 Å². The highest BCUT2D eigenvalue weighted by Crippen LogP contribution is 2.10. The lowest BCUT2D eigenvalue weighted by molar-refractivity contribution is 0.000224. The van der Waals surface area contributed by atoms with Gasteiger partial charge in [0.25, 0.3) is 0 Å². The van der Waals surface area contributed by atoms with Gasteiger partial charge in [0, 0.05) is 6.61 Å². The topological polar surface area (TPSA) is 91.3 Å². The molecule has 0 bridgehead atoms. The van der Waals surface area contributed by atoms with Crippen molar-refractivity contribution in [2.75, 3.05) is 46.2 Å². The van der Waals surface area contributed by atoms with Crippen LogP contribution in [0.4, 0.5) is 0 Å². The second-order valence-corrected chi connectivity index (χ2v) is 5.18. The molecule has 7 heteroatoms. The number of esters is 1. The van der Waals surface area contributed by atoms with E-state index in [2.05, 4.69) is 6.92 Å². The van der Waals surface area contributed by atoms with E-state index in [1.54, 1.807) is 12.1 Å². The van der Waals surface area contributed by atoms with Gasteiger partial charge < -0.3 is 24.1 Å². The van der Waals surface area contributed by atoms with Crippen molar-refractivity contribution < 1.29 is 33.6 Å². The zero-order valence-electron chi connectivity index (χ0n) is 14.6. The van der Waals surface area contributed by atoms with Gasteiger partial charge in [-0.2, -0.15) is 0 Å². The molecule has 0 saturated heterocycles. The second kappa shape index (κ2) is 13.3. The first-order chi connectivity index (χ1) is 12.2. The van der Waals surface area contributed by atoms with Crippen molar-refractivity contribution in [3.8, 4) is 0 Å². The summed E-state index contributed by atoms with van der Waals surface area (Å²) in [6, 6.07) is 5.92. The molecule has 0 unspecified atom stereocenters. The van der Waals surface area contributed by atoms with E-state index in [9.17, 15) is 9.59 Å². The number of carboxylic acids is 1. The Morgan fingerprint density at radius 2 is 1.36 bits per heavy atom. The minimum absolute atomic E-state index is 0.0291. The lowest BCUT2D eigenvalue weighted by Gasteiger charge is -2.08. The van der Waals surface area contributed by atoms with Gasteiger partial charge in [-0.3, -0.25) is 0 Å². The Kier molecular flexibility index (Phi) is 11.3. The number of rotatable bonds is 14. The summed E-state index contributed by atoms with van der Waals surface area (Å²) in [6.45, 7) is 5.05. The van der Waals surface area contributed by atoms with Crippen molar-refractivity contribution in [2.45, 2.75) is 19.8 Å². The van der Waals surface area contributed by atoms with E-state index in [-0.39, 0.29) is 24.3 Å². The van der Waals surface area contributed by atoms with Gasteiger partial charge in [-0.25, -0.2) is 9.59 Å². The molecule has 0 heterocycles. The normalized spacial score (nSPS) is 10.6. The first kappa shape index (κ1) is 21.1. The van der Waals surface area contributed by atoms with Crippen molar-refractivity contribution in [2.24, 2.45) is 0 Å². The summed E-state index contributed by atoms with van der Waals surface area (Å²) in [5.41, 5.74) is -0.0515. The Morgan fingerprint density at radius 3 is 1.92 bits per heavy atom. The number of aromatic carboxylic acids is 1. The van der Waals surface area contributed by atoms with E-state index in [1.807, 2.05) is 0 Å². The molecule has 0 saturated carbocycles. The van der Waals surface area contributed by atoms with E-state index in [4.69, 9.17) is 24.1 Å². The summed E-state index contributed by atoms with van der Waals surface area (Å²) in [5.74, 6) is -1.85. The standard InChI is InChI=1S/C18H26O7/c1-2-3-8-22-9-10-23-11-12-24-13-14-25-18(21)16-7-5-4-6-15(16)17(19)20/h4-7H,2-3,8-14H2,1H3,(H,19,20). The van der Waals surface area contributed by atoms with Crippen LogP contribution in [0.3, 0.4) is 0 Å². The third kappa shape index (κ3) is 9.19. The van der Waals surface area contributed by atoms with Gasteiger partial charge in [-0.1, -0.05) is 25.5 Å². The number of benzene rings is 1. The van der Waals surface area contributed by atoms with Crippen LogP contribution in [0.1, 0.15) is 40.5 Å². The zero-order valence-corrected chi connectivity index (χ0v) is 14.6. The van der Waals surface area contributed by atoms with Gasteiger partial charge in [0.05, 0.1) is 44.2 Å². The molecular formula is C18H26O7. The highest BCUT2D eigenvalue weighted by atomic mass is 16.6. The summed E-state index contributed by atoms with van der Waals surface area (Å²) in [5, 5.41) is 9.03. The van der Waals surface area contributed by atoms with Gasteiger partial charge in [0.15, 0.2) is 0 Å². The monoisotopic (exact) mass is 354 g/mol. The molecule has 0 fully saturated rings. The second-order valence-electron chi connectivity index (χ2n) is 5.18. The number of carboxylic acid groups (broad SMARTS) is 1. The fraction of sp³-hybridized carbons (Fsp3) is 0.556. The maximum Gasteiger partial charge on any atom is 0.339 e. The van der Waals surface area contributed by atoms with Crippen molar-refractivity contribution in [1.82, 2.24) is 0 Å². The molecule has 0 aromatic heterocycles. The molecule has 0 aliphatic carbocycles. The molecule has 25 heavy (non-hydrogen) atoms. The summed E-state index contributed by atoms with van der Waals surface area (Å²) in [6.07, 6.45) is 2.17. The Labute approximate surface area is 147 Å². The Hall–Kier alpha value is -1.96. The van der Waals surface area contributed by atoms with Crippen molar-refractivity contribution >= 4 is 11.9 Å². The molecule has 1 aromatic rings. The van der Waals surface area contributed by atoms with Crippen LogP contribution in [-0.2, 0) is 18.9 Å². The fourth-order valence-electron chi connectivity index (χ4n) is 1.91. The highest BCUT2D eigenvalue weighted by Gasteiger charge is 2.16. The average molecular weight is 354 g/mol. The average Bonchev–Trinajstić information content (AvgIpc) is 2.62. The Balaban J connectivity index is 2.05. The summed E-state index contributed by atoms with van der Waals surface area (Å²) in [7, 11) is 0. The molecule has 1 rings (SSSR count). The number of ether oxygens (including phenoxy) is 4. The predicted octanol–water partition coefficient (Wildman–Crippen LogP) is 2.39. The van der Waals surface area contributed by atoms with E-state index in [1.165, 1.54) is 12.1 Å². The van der Waals surface area contributed by atoms with Gasteiger partial charge in [-0.05, 0) is 18.6 Å². The van der Waals surface area contributed by atoms with Crippen LogP contribution in [0, 0.1) is 0 Å². The molecule has 0 aliphatic heterocycles. The fourth-order valence-corrected chi connectivity index (χ4v) is 1.91.